The van der Waals surface area contributed by atoms with Gasteiger partial charge in [0.2, 0.25) is 16.0 Å². The molecule has 0 spiro atoms. The molecule has 2 N–H and O–H groups in total. The number of nitrogens with zero attached hydrogens (tertiary/aromatic N) is 3. The zero-order valence-electron chi connectivity index (χ0n) is 18.5. The molecule has 1 aliphatic carbocycles. The van der Waals surface area contributed by atoms with Crippen LogP contribution in [0.5, 0.6) is 0 Å². The van der Waals surface area contributed by atoms with Crippen LogP contribution in [0, 0.1) is 11.8 Å². The Morgan fingerprint density at radius 3 is 2.36 bits per heavy atom. The number of hydrogen-bond acceptors (Lipinski definition) is 7. The molecule has 0 radical (unpaired) electrons. The number of anilines is 2. The lowest BCUT2D eigenvalue weighted by atomic mass is 9.82. The minimum absolute atomic E-state index is 0.0598. The minimum Gasteiger partial charge on any atom is -0.362 e. The SMILES string of the molecule is CN(C)c1nc(NCC2CCC(CNS(=O)(=O)c3cc(Cl)sc3Cl)CC2)nc2ccccc12. The molecule has 1 fully saturated rings. The summed E-state index contributed by atoms with van der Waals surface area (Å²) in [5, 5.41) is 4.45. The Hall–Kier alpha value is -1.65. The third-order valence-corrected chi connectivity index (χ3v) is 9.18. The molecule has 7 nitrogen and oxygen atoms in total. The van der Waals surface area contributed by atoms with E-state index in [2.05, 4.69) is 15.0 Å². The van der Waals surface area contributed by atoms with E-state index in [4.69, 9.17) is 28.2 Å². The molecule has 33 heavy (non-hydrogen) atoms. The number of sulfonamides is 1. The normalized spacial score (nSPS) is 19.0. The molecule has 4 rings (SSSR count). The van der Waals surface area contributed by atoms with E-state index in [0.717, 1.165) is 60.3 Å². The fourth-order valence-electron chi connectivity index (χ4n) is 4.17. The topological polar surface area (TPSA) is 87.2 Å². The molecule has 11 heteroatoms. The van der Waals surface area contributed by atoms with Gasteiger partial charge >= 0.3 is 0 Å². The van der Waals surface area contributed by atoms with E-state index in [1.807, 2.05) is 43.3 Å². The van der Waals surface area contributed by atoms with Crippen molar-refractivity contribution in [3.63, 3.8) is 0 Å². The fraction of sp³-hybridized carbons (Fsp3) is 0.455. The highest BCUT2D eigenvalue weighted by Crippen LogP contribution is 2.35. The lowest BCUT2D eigenvalue weighted by Crippen LogP contribution is -2.32. The van der Waals surface area contributed by atoms with Crippen molar-refractivity contribution in [2.75, 3.05) is 37.4 Å². The van der Waals surface area contributed by atoms with Gasteiger partial charge in [0.15, 0.2) is 0 Å². The molecule has 0 aliphatic heterocycles. The summed E-state index contributed by atoms with van der Waals surface area (Å²) in [6.45, 7) is 1.21. The Bertz CT molecular complexity index is 1220. The molecular formula is C22H27Cl2N5O2S2. The van der Waals surface area contributed by atoms with E-state index in [1.165, 1.54) is 6.07 Å². The van der Waals surface area contributed by atoms with Crippen LogP contribution in [0.4, 0.5) is 11.8 Å². The summed E-state index contributed by atoms with van der Waals surface area (Å²) in [5.74, 6) is 2.34. The third-order valence-electron chi connectivity index (χ3n) is 6.00. The molecule has 2 aromatic heterocycles. The largest absolute Gasteiger partial charge is 0.362 e. The molecule has 0 saturated heterocycles. The molecule has 1 saturated carbocycles. The van der Waals surface area contributed by atoms with Gasteiger partial charge in [-0.15, -0.1) is 11.3 Å². The van der Waals surface area contributed by atoms with Crippen LogP contribution in [0.15, 0.2) is 35.2 Å². The Kier molecular flexibility index (Phi) is 7.65. The minimum atomic E-state index is -3.65. The Morgan fingerprint density at radius 1 is 1.06 bits per heavy atom. The van der Waals surface area contributed by atoms with Crippen molar-refractivity contribution in [3.05, 3.63) is 39.0 Å². The van der Waals surface area contributed by atoms with E-state index in [0.29, 0.717) is 28.7 Å². The predicted octanol–water partition coefficient (Wildman–Crippen LogP) is 5.26. The summed E-state index contributed by atoms with van der Waals surface area (Å²) < 4.78 is 28.3. The van der Waals surface area contributed by atoms with Crippen LogP contribution in [0.3, 0.4) is 0 Å². The van der Waals surface area contributed by atoms with Crippen LogP contribution in [-0.2, 0) is 10.0 Å². The van der Waals surface area contributed by atoms with E-state index in [1.54, 1.807) is 0 Å². The second-order valence-electron chi connectivity index (χ2n) is 8.59. The van der Waals surface area contributed by atoms with Crippen LogP contribution in [-0.4, -0.2) is 45.6 Å². The second kappa shape index (κ2) is 10.3. The van der Waals surface area contributed by atoms with E-state index in [-0.39, 0.29) is 9.23 Å². The van der Waals surface area contributed by atoms with E-state index < -0.39 is 10.0 Å². The fourth-order valence-corrected chi connectivity index (χ4v) is 7.43. The van der Waals surface area contributed by atoms with Crippen molar-refractivity contribution in [1.29, 1.82) is 0 Å². The molecule has 0 amide bonds. The highest BCUT2D eigenvalue weighted by atomic mass is 35.5. The Balaban J connectivity index is 1.29. The molecule has 0 bridgehead atoms. The lowest BCUT2D eigenvalue weighted by Gasteiger charge is -2.28. The first-order valence-corrected chi connectivity index (χ1v) is 13.9. The molecule has 3 aromatic rings. The first kappa shape index (κ1) is 24.5. The number of thiophene rings is 1. The molecular weight excluding hydrogens is 501 g/mol. The number of rotatable bonds is 8. The summed E-state index contributed by atoms with van der Waals surface area (Å²) in [5.41, 5.74) is 0.918. The zero-order chi connectivity index (χ0) is 23.6. The second-order valence-corrected chi connectivity index (χ2v) is 12.6. The summed E-state index contributed by atoms with van der Waals surface area (Å²) in [6, 6.07) is 9.41. The molecule has 1 aliphatic rings. The molecule has 0 atom stereocenters. The standard InChI is InChI=1S/C22H27Cl2N5O2S2/c1-29(2)21-16-5-3-4-6-17(16)27-22(28-21)25-12-14-7-9-15(10-8-14)13-26-33(30,31)18-11-19(23)32-20(18)24/h3-6,11,14-15,26H,7-10,12-13H2,1-2H3,(H,25,27,28). The monoisotopic (exact) mass is 527 g/mol. The van der Waals surface area contributed by atoms with Crippen molar-refractivity contribution in [3.8, 4) is 0 Å². The van der Waals surface area contributed by atoms with Crippen LogP contribution >= 0.6 is 34.5 Å². The molecule has 2 heterocycles. The summed E-state index contributed by atoms with van der Waals surface area (Å²) in [7, 11) is 0.315. The van der Waals surface area contributed by atoms with Crippen molar-refractivity contribution < 1.29 is 8.42 Å². The smallest absolute Gasteiger partial charge is 0.242 e. The van der Waals surface area contributed by atoms with Crippen LogP contribution in [0.25, 0.3) is 10.9 Å². The number of fused-ring (bicyclic) bond motifs is 1. The first-order chi connectivity index (χ1) is 15.7. The average molecular weight is 529 g/mol. The van der Waals surface area contributed by atoms with E-state index in [9.17, 15) is 8.42 Å². The number of hydrogen-bond donors (Lipinski definition) is 2. The van der Waals surface area contributed by atoms with Crippen LogP contribution in [0.1, 0.15) is 25.7 Å². The molecule has 178 valence electrons. The van der Waals surface area contributed by atoms with Crippen molar-refractivity contribution in [1.82, 2.24) is 14.7 Å². The van der Waals surface area contributed by atoms with Gasteiger partial charge < -0.3 is 10.2 Å². The van der Waals surface area contributed by atoms with E-state index >= 15 is 0 Å². The quantitative estimate of drug-likeness (QED) is 0.415. The molecule has 1 aromatic carbocycles. The average Bonchev–Trinajstić information content (AvgIpc) is 3.15. The van der Waals surface area contributed by atoms with Gasteiger partial charge in [-0.3, -0.25) is 0 Å². The maximum atomic E-state index is 12.5. The molecule has 0 unspecified atom stereocenters. The van der Waals surface area contributed by atoms with Crippen molar-refractivity contribution >= 4 is 67.2 Å². The first-order valence-electron chi connectivity index (χ1n) is 10.9. The van der Waals surface area contributed by atoms with Crippen molar-refractivity contribution in [2.24, 2.45) is 11.8 Å². The Labute approximate surface area is 208 Å². The number of halogens is 2. The predicted molar refractivity (Wildman–Crippen MR) is 137 cm³/mol. The third kappa shape index (κ3) is 5.89. The maximum Gasteiger partial charge on any atom is 0.242 e. The number of aromatic nitrogens is 2. The van der Waals surface area contributed by atoms with Gasteiger partial charge in [-0.25, -0.2) is 18.1 Å². The lowest BCUT2D eigenvalue weighted by molar-refractivity contribution is 0.284. The highest BCUT2D eigenvalue weighted by molar-refractivity contribution is 7.89. The van der Waals surface area contributed by atoms with Gasteiger partial charge in [0.25, 0.3) is 0 Å². The van der Waals surface area contributed by atoms with Gasteiger partial charge in [0.05, 0.1) is 9.85 Å². The van der Waals surface area contributed by atoms with Crippen LogP contribution in [0.2, 0.25) is 8.67 Å². The van der Waals surface area contributed by atoms with Crippen LogP contribution < -0.4 is 14.9 Å². The number of nitrogens with one attached hydrogen (secondary N) is 2. The van der Waals surface area contributed by atoms with Gasteiger partial charge in [0, 0.05) is 32.6 Å². The van der Waals surface area contributed by atoms with Crippen molar-refractivity contribution in [2.45, 2.75) is 30.6 Å². The van der Waals surface area contributed by atoms with Gasteiger partial charge in [-0.1, -0.05) is 35.3 Å². The summed E-state index contributed by atoms with van der Waals surface area (Å²) >= 11 is 13.0. The van der Waals surface area contributed by atoms with Gasteiger partial charge in [-0.05, 0) is 55.7 Å². The maximum absolute atomic E-state index is 12.5. The number of benzene rings is 1. The zero-order valence-corrected chi connectivity index (χ0v) is 21.7. The Morgan fingerprint density at radius 2 is 1.73 bits per heavy atom. The summed E-state index contributed by atoms with van der Waals surface area (Å²) in [6.07, 6.45) is 3.99. The van der Waals surface area contributed by atoms with Gasteiger partial charge in [0.1, 0.15) is 15.0 Å². The summed E-state index contributed by atoms with van der Waals surface area (Å²) in [4.78, 5) is 11.4. The highest BCUT2D eigenvalue weighted by Gasteiger charge is 2.25. The number of para-hydroxylation sites is 1. The van der Waals surface area contributed by atoms with Gasteiger partial charge in [-0.2, -0.15) is 4.98 Å².